The zero-order valence-electron chi connectivity index (χ0n) is 22.7. The molecule has 4 aliphatic carbocycles. The van der Waals surface area contributed by atoms with Crippen LogP contribution in [-0.4, -0.2) is 48.6 Å². The number of Topliss-reactive ketones (excluding diaryl/α,β-unsaturated/α-hetero) is 1. The predicted octanol–water partition coefficient (Wildman–Crippen LogP) is 5.95. The van der Waals surface area contributed by atoms with Crippen LogP contribution in [0.4, 0.5) is 17.6 Å². The number of rotatable bonds is 8. The minimum atomic E-state index is -6.28. The summed E-state index contributed by atoms with van der Waals surface area (Å²) >= 11 is 0.932. The van der Waals surface area contributed by atoms with Gasteiger partial charge in [-0.05, 0) is 68.4 Å². The number of ketones is 1. The van der Waals surface area contributed by atoms with Gasteiger partial charge >= 0.3 is 27.3 Å². The first-order valence-corrected chi connectivity index (χ1v) is 15.5. The Bertz CT molecular complexity index is 1440. The van der Waals surface area contributed by atoms with Gasteiger partial charge in [0.15, 0.2) is 18.1 Å². The minimum Gasteiger partial charge on any atom is -0.460 e. The van der Waals surface area contributed by atoms with Gasteiger partial charge < -0.3 is 4.74 Å². The number of oxime groups is 1. The number of halogens is 4. The summed E-state index contributed by atoms with van der Waals surface area (Å²) in [4.78, 5) is 30.4. The standard InChI is InChI=1S/C27H30F4N2O6S2/c1-24(2,3)21(34)20(22-32-18-6-4-5-7-19(18)40-22)33-39-41(36,37)26(28,27(29,30)31)14-38-23(35)25-11-15-8-16(12-25)10-17(9-15)13-25/h4-7,15-17H,8-14H2,1-3H3/b33-20+. The first kappa shape index (κ1) is 29.9. The predicted molar refractivity (Wildman–Crippen MR) is 142 cm³/mol. The summed E-state index contributed by atoms with van der Waals surface area (Å²) in [6.45, 7) is 2.28. The molecule has 0 radical (unpaired) electrons. The van der Waals surface area contributed by atoms with Gasteiger partial charge in [0.25, 0.3) is 0 Å². The number of ether oxygens (including phenoxy) is 1. The van der Waals surface area contributed by atoms with Gasteiger partial charge in [0.1, 0.15) is 5.01 Å². The van der Waals surface area contributed by atoms with Gasteiger partial charge in [-0.1, -0.05) is 38.1 Å². The van der Waals surface area contributed by atoms with Crippen LogP contribution in [0.3, 0.4) is 0 Å². The Balaban J connectivity index is 1.42. The number of esters is 1. The Kier molecular flexibility index (Phi) is 7.28. The second-order valence-corrected chi connectivity index (χ2v) is 15.3. The van der Waals surface area contributed by atoms with Gasteiger partial charge in [-0.2, -0.15) is 21.6 Å². The van der Waals surface area contributed by atoms with Gasteiger partial charge in [0.05, 0.1) is 15.6 Å². The van der Waals surface area contributed by atoms with Crippen molar-refractivity contribution < 1.29 is 44.6 Å². The molecule has 4 bridgehead atoms. The molecule has 2 aromatic rings. The van der Waals surface area contributed by atoms with E-state index in [9.17, 15) is 31.2 Å². The molecule has 8 nitrogen and oxygen atoms in total. The molecule has 4 saturated carbocycles. The van der Waals surface area contributed by atoms with Crippen LogP contribution in [-0.2, 0) is 28.7 Å². The fourth-order valence-corrected chi connectivity index (χ4v) is 8.34. The Morgan fingerprint density at radius 1 is 1.02 bits per heavy atom. The van der Waals surface area contributed by atoms with E-state index in [0.717, 1.165) is 30.6 Å². The number of alkyl halides is 4. The van der Waals surface area contributed by atoms with Crippen LogP contribution in [0.25, 0.3) is 10.2 Å². The van der Waals surface area contributed by atoms with Gasteiger partial charge in [0.2, 0.25) is 0 Å². The van der Waals surface area contributed by atoms with Crippen LogP contribution >= 0.6 is 11.3 Å². The summed E-state index contributed by atoms with van der Waals surface area (Å²) in [5.74, 6) is -1.09. The first-order chi connectivity index (χ1) is 18.9. The van der Waals surface area contributed by atoms with Crippen molar-refractivity contribution >= 4 is 49.1 Å². The number of hydrogen-bond acceptors (Lipinski definition) is 9. The second kappa shape index (κ2) is 9.99. The number of fused-ring (bicyclic) bond motifs is 1. The number of nitrogens with zero attached hydrogens (tertiary/aromatic N) is 2. The zero-order valence-corrected chi connectivity index (χ0v) is 24.3. The Morgan fingerprint density at radius 2 is 1.59 bits per heavy atom. The van der Waals surface area contributed by atoms with Gasteiger partial charge in [-0.25, -0.2) is 9.37 Å². The van der Waals surface area contributed by atoms with Crippen molar-refractivity contribution in [3.63, 3.8) is 0 Å². The van der Waals surface area contributed by atoms with Crippen LogP contribution in [0.5, 0.6) is 0 Å². The van der Waals surface area contributed by atoms with E-state index in [1.165, 1.54) is 20.8 Å². The Hall–Kier alpha value is -2.61. The van der Waals surface area contributed by atoms with Crippen molar-refractivity contribution in [1.29, 1.82) is 0 Å². The smallest absolute Gasteiger partial charge is 0.444 e. The first-order valence-electron chi connectivity index (χ1n) is 13.3. The summed E-state index contributed by atoms with van der Waals surface area (Å²) in [6, 6.07) is 6.64. The number of benzene rings is 1. The lowest BCUT2D eigenvalue weighted by Crippen LogP contribution is -2.55. The van der Waals surface area contributed by atoms with Crippen LogP contribution in [0, 0.1) is 28.6 Å². The molecule has 1 unspecified atom stereocenters. The quantitative estimate of drug-likeness (QED) is 0.156. The number of para-hydroxylation sites is 1. The van der Waals surface area contributed by atoms with E-state index in [2.05, 4.69) is 14.4 Å². The summed E-state index contributed by atoms with van der Waals surface area (Å²) < 4.78 is 92.8. The average molecular weight is 619 g/mol. The molecular weight excluding hydrogens is 588 g/mol. The topological polar surface area (TPSA) is 112 Å². The van der Waals surface area contributed by atoms with Crippen LogP contribution in [0.2, 0.25) is 0 Å². The molecule has 4 fully saturated rings. The van der Waals surface area contributed by atoms with Crippen LogP contribution in [0.15, 0.2) is 29.4 Å². The molecule has 1 aromatic carbocycles. The molecule has 41 heavy (non-hydrogen) atoms. The second-order valence-electron chi connectivity index (χ2n) is 12.5. The zero-order chi connectivity index (χ0) is 30.0. The summed E-state index contributed by atoms with van der Waals surface area (Å²) in [5, 5.41) is -2.02. The average Bonchev–Trinajstić information content (AvgIpc) is 3.28. The van der Waals surface area contributed by atoms with Crippen LogP contribution < -0.4 is 0 Å². The lowest BCUT2D eigenvalue weighted by atomic mass is 9.49. The van der Waals surface area contributed by atoms with Crippen molar-refractivity contribution in [1.82, 2.24) is 4.98 Å². The largest absolute Gasteiger partial charge is 0.460 e. The highest BCUT2D eigenvalue weighted by Crippen LogP contribution is 2.60. The van der Waals surface area contributed by atoms with Crippen molar-refractivity contribution in [2.45, 2.75) is 70.5 Å². The normalized spacial score (nSPS) is 28.0. The maximum absolute atomic E-state index is 15.6. The number of thiazole rings is 1. The highest BCUT2D eigenvalue weighted by Gasteiger charge is 2.69. The molecule has 0 saturated heterocycles. The molecule has 1 aromatic heterocycles. The lowest BCUT2D eigenvalue weighted by molar-refractivity contribution is -0.219. The molecule has 0 spiro atoms. The molecule has 0 aliphatic heterocycles. The minimum absolute atomic E-state index is 0.119. The molecular formula is C27H30F4N2O6S2. The van der Waals surface area contributed by atoms with Gasteiger partial charge in [-0.15, -0.1) is 11.3 Å². The number of carbonyl (C=O) groups excluding carboxylic acids is 2. The van der Waals surface area contributed by atoms with Crippen molar-refractivity contribution in [3.05, 3.63) is 29.3 Å². The third-order valence-electron chi connectivity index (χ3n) is 8.30. The van der Waals surface area contributed by atoms with E-state index in [1.54, 1.807) is 24.3 Å². The fraction of sp³-hybridized carbons (Fsp3) is 0.630. The number of aromatic nitrogens is 1. The maximum atomic E-state index is 15.6. The fourth-order valence-electron chi connectivity index (χ4n) is 6.62. The molecule has 1 heterocycles. The van der Waals surface area contributed by atoms with Crippen molar-refractivity contribution in [2.75, 3.05) is 6.61 Å². The molecule has 1 atom stereocenters. The van der Waals surface area contributed by atoms with E-state index in [0.29, 0.717) is 29.5 Å². The Labute approximate surface area is 238 Å². The van der Waals surface area contributed by atoms with E-state index >= 15 is 4.39 Å². The summed E-state index contributed by atoms with van der Waals surface area (Å²) in [5.41, 5.74) is -2.47. The highest BCUT2D eigenvalue weighted by atomic mass is 32.2. The molecule has 0 amide bonds. The highest BCUT2D eigenvalue weighted by molar-refractivity contribution is 7.88. The Morgan fingerprint density at radius 3 is 2.10 bits per heavy atom. The van der Waals surface area contributed by atoms with E-state index < -0.39 is 56.2 Å². The van der Waals surface area contributed by atoms with E-state index in [-0.39, 0.29) is 22.8 Å². The number of carbonyl (C=O) groups is 2. The van der Waals surface area contributed by atoms with Gasteiger partial charge in [0, 0.05) is 5.41 Å². The SMILES string of the molecule is CC(C)(C)C(=O)/C(=N\OS(=O)(=O)C(F)(COC(=O)C12CC3CC(CC(C3)C1)C2)C(F)(F)F)c1nc2ccccc2s1. The summed E-state index contributed by atoms with van der Waals surface area (Å²) in [6.07, 6.45) is -1.95. The van der Waals surface area contributed by atoms with E-state index in [4.69, 9.17) is 4.74 Å². The van der Waals surface area contributed by atoms with Crippen molar-refractivity contribution in [3.8, 4) is 0 Å². The lowest BCUT2D eigenvalue weighted by Gasteiger charge is -2.55. The summed E-state index contributed by atoms with van der Waals surface area (Å²) in [7, 11) is -6.28. The third-order valence-corrected chi connectivity index (χ3v) is 10.8. The molecule has 6 rings (SSSR count). The van der Waals surface area contributed by atoms with Gasteiger partial charge in [-0.3, -0.25) is 13.9 Å². The number of hydrogen-bond donors (Lipinski definition) is 0. The molecule has 0 N–H and O–H groups in total. The van der Waals surface area contributed by atoms with Crippen LogP contribution in [0.1, 0.15) is 64.3 Å². The maximum Gasteiger partial charge on any atom is 0.444 e. The van der Waals surface area contributed by atoms with Crippen molar-refractivity contribution in [2.24, 2.45) is 33.7 Å². The molecule has 14 heteroatoms. The third kappa shape index (κ3) is 5.37. The monoisotopic (exact) mass is 618 g/mol. The molecule has 4 aliphatic rings. The van der Waals surface area contributed by atoms with E-state index in [1.807, 2.05) is 0 Å². The molecule has 224 valence electrons.